The number of fused-ring (bicyclic) bond motifs is 4. The number of Topliss-reactive ketones (excluding diaryl/α,β-unsaturated/α-hetero) is 1. The van der Waals surface area contributed by atoms with Crippen molar-refractivity contribution in [3.05, 3.63) is 71.3 Å². The minimum absolute atomic E-state index is 0.144. The molecule has 1 aliphatic carbocycles. The quantitative estimate of drug-likeness (QED) is 0.541. The SMILES string of the molecule is O=C1CCCC2=C1c1ccc3ccccc3c1NC2c1ccc(O)c(O)c1. The van der Waals surface area contributed by atoms with Crippen LogP contribution >= 0.6 is 0 Å². The fraction of sp³-hybridized carbons (Fsp3) is 0.174. The van der Waals surface area contributed by atoms with E-state index >= 15 is 0 Å². The van der Waals surface area contributed by atoms with Crippen LogP contribution < -0.4 is 5.32 Å². The number of allylic oxidation sites excluding steroid dienone is 1. The van der Waals surface area contributed by atoms with E-state index in [1.807, 2.05) is 18.2 Å². The lowest BCUT2D eigenvalue weighted by Gasteiger charge is -2.35. The van der Waals surface area contributed by atoms with Gasteiger partial charge in [0.05, 0.1) is 11.7 Å². The van der Waals surface area contributed by atoms with Crippen molar-refractivity contribution in [1.82, 2.24) is 0 Å². The zero-order chi connectivity index (χ0) is 18.5. The van der Waals surface area contributed by atoms with Gasteiger partial charge >= 0.3 is 0 Å². The van der Waals surface area contributed by atoms with Crippen LogP contribution in [0.25, 0.3) is 16.3 Å². The molecule has 0 saturated carbocycles. The van der Waals surface area contributed by atoms with Crippen LogP contribution in [0.5, 0.6) is 11.5 Å². The minimum Gasteiger partial charge on any atom is -0.504 e. The highest BCUT2D eigenvalue weighted by molar-refractivity contribution is 6.26. The lowest BCUT2D eigenvalue weighted by atomic mass is 9.77. The fourth-order valence-electron chi connectivity index (χ4n) is 4.35. The van der Waals surface area contributed by atoms with Crippen LogP contribution in [0.4, 0.5) is 5.69 Å². The number of hydrogen-bond acceptors (Lipinski definition) is 4. The summed E-state index contributed by atoms with van der Waals surface area (Å²) < 4.78 is 0. The number of phenols is 2. The number of carbonyl (C=O) groups excluding carboxylic acids is 1. The normalized spacial score (nSPS) is 18.8. The molecule has 1 atom stereocenters. The van der Waals surface area contributed by atoms with E-state index in [2.05, 4.69) is 23.5 Å². The molecule has 0 amide bonds. The highest BCUT2D eigenvalue weighted by Gasteiger charge is 2.34. The van der Waals surface area contributed by atoms with Crippen molar-refractivity contribution >= 4 is 27.8 Å². The molecule has 0 radical (unpaired) electrons. The average molecular weight is 357 g/mol. The van der Waals surface area contributed by atoms with E-state index in [1.54, 1.807) is 12.1 Å². The summed E-state index contributed by atoms with van der Waals surface area (Å²) in [4.78, 5) is 12.9. The summed E-state index contributed by atoms with van der Waals surface area (Å²) in [6, 6.07) is 16.9. The van der Waals surface area contributed by atoms with E-state index in [4.69, 9.17) is 0 Å². The molecule has 1 heterocycles. The van der Waals surface area contributed by atoms with Gasteiger partial charge in [-0.25, -0.2) is 0 Å². The molecule has 2 aliphatic rings. The number of aromatic hydroxyl groups is 2. The second-order valence-corrected chi connectivity index (χ2v) is 7.21. The molecule has 4 heteroatoms. The molecule has 0 bridgehead atoms. The highest BCUT2D eigenvalue weighted by atomic mass is 16.3. The lowest BCUT2D eigenvalue weighted by Crippen LogP contribution is -2.25. The molecule has 0 saturated heterocycles. The number of benzene rings is 3. The topological polar surface area (TPSA) is 69.6 Å². The number of carbonyl (C=O) groups is 1. The Hall–Kier alpha value is -3.27. The lowest BCUT2D eigenvalue weighted by molar-refractivity contribution is -0.114. The molecule has 3 N–H and O–H groups in total. The van der Waals surface area contributed by atoms with Gasteiger partial charge in [-0.05, 0) is 41.5 Å². The van der Waals surface area contributed by atoms with Crippen molar-refractivity contribution in [2.75, 3.05) is 5.32 Å². The second kappa shape index (κ2) is 5.88. The van der Waals surface area contributed by atoms with Crippen LogP contribution in [0.1, 0.15) is 36.4 Å². The van der Waals surface area contributed by atoms with Gasteiger partial charge in [0, 0.05) is 22.9 Å². The molecule has 5 rings (SSSR count). The first-order chi connectivity index (χ1) is 13.1. The van der Waals surface area contributed by atoms with Crippen LogP contribution in [0.3, 0.4) is 0 Å². The number of anilines is 1. The summed E-state index contributed by atoms with van der Waals surface area (Å²) in [6.07, 6.45) is 2.24. The van der Waals surface area contributed by atoms with Gasteiger partial charge in [-0.2, -0.15) is 0 Å². The van der Waals surface area contributed by atoms with Crippen molar-refractivity contribution in [2.24, 2.45) is 0 Å². The van der Waals surface area contributed by atoms with Crippen LogP contribution in [-0.4, -0.2) is 16.0 Å². The standard InChI is InChI=1S/C23H19NO3/c25-18-11-9-14(12-20(18)27)22-16-6-3-7-19(26)21(16)17-10-8-13-4-1-2-5-15(13)23(17)24-22/h1-2,4-5,8-12,22,24-25,27H,3,6-7H2. The van der Waals surface area contributed by atoms with Gasteiger partial charge in [-0.1, -0.05) is 42.5 Å². The fourth-order valence-corrected chi connectivity index (χ4v) is 4.35. The van der Waals surface area contributed by atoms with Crippen molar-refractivity contribution in [2.45, 2.75) is 25.3 Å². The number of nitrogens with one attached hydrogen (secondary N) is 1. The molecule has 134 valence electrons. The summed E-state index contributed by atoms with van der Waals surface area (Å²) in [5.74, 6) is -0.112. The molecule has 0 aromatic heterocycles. The maximum Gasteiger partial charge on any atom is 0.163 e. The molecule has 1 unspecified atom stereocenters. The molecular formula is C23H19NO3. The van der Waals surface area contributed by atoms with Gasteiger partial charge in [0.15, 0.2) is 17.3 Å². The van der Waals surface area contributed by atoms with Crippen molar-refractivity contribution in [1.29, 1.82) is 0 Å². The van der Waals surface area contributed by atoms with Crippen LogP contribution in [0, 0.1) is 0 Å². The minimum atomic E-state index is -0.200. The monoisotopic (exact) mass is 357 g/mol. The van der Waals surface area contributed by atoms with E-state index in [0.717, 1.165) is 51.6 Å². The predicted molar refractivity (Wildman–Crippen MR) is 106 cm³/mol. The Kier molecular flexibility index (Phi) is 3.47. The Morgan fingerprint density at radius 1 is 0.926 bits per heavy atom. The molecule has 1 aliphatic heterocycles. The van der Waals surface area contributed by atoms with E-state index in [9.17, 15) is 15.0 Å². The zero-order valence-electron chi connectivity index (χ0n) is 14.7. The van der Waals surface area contributed by atoms with Gasteiger partial charge < -0.3 is 15.5 Å². The van der Waals surface area contributed by atoms with Gasteiger partial charge in [-0.3, -0.25) is 4.79 Å². The number of hydrogen-bond donors (Lipinski definition) is 3. The molecule has 0 spiro atoms. The maximum atomic E-state index is 12.9. The van der Waals surface area contributed by atoms with E-state index in [0.29, 0.717) is 6.42 Å². The Labute approximate surface area is 156 Å². The molecule has 3 aromatic carbocycles. The maximum absolute atomic E-state index is 12.9. The first-order valence-corrected chi connectivity index (χ1v) is 9.20. The Morgan fingerprint density at radius 2 is 1.78 bits per heavy atom. The third-order valence-corrected chi connectivity index (χ3v) is 5.62. The van der Waals surface area contributed by atoms with Crippen molar-refractivity contribution < 1.29 is 15.0 Å². The zero-order valence-corrected chi connectivity index (χ0v) is 14.7. The summed E-state index contributed by atoms with van der Waals surface area (Å²) >= 11 is 0. The largest absolute Gasteiger partial charge is 0.504 e. The van der Waals surface area contributed by atoms with E-state index in [-0.39, 0.29) is 23.3 Å². The first kappa shape index (κ1) is 15.9. The van der Waals surface area contributed by atoms with E-state index < -0.39 is 0 Å². The number of rotatable bonds is 1. The molecular weight excluding hydrogens is 338 g/mol. The molecule has 27 heavy (non-hydrogen) atoms. The summed E-state index contributed by atoms with van der Waals surface area (Å²) in [5.41, 5.74) is 4.65. The van der Waals surface area contributed by atoms with Gasteiger partial charge in [0.1, 0.15) is 0 Å². The first-order valence-electron chi connectivity index (χ1n) is 9.20. The van der Waals surface area contributed by atoms with Gasteiger partial charge in [0.25, 0.3) is 0 Å². The third kappa shape index (κ3) is 2.40. The summed E-state index contributed by atoms with van der Waals surface area (Å²) in [7, 11) is 0. The number of phenolic OH excluding ortho intramolecular Hbond substituents is 2. The average Bonchev–Trinajstić information content (AvgIpc) is 2.69. The summed E-state index contributed by atoms with van der Waals surface area (Å²) in [5, 5.41) is 25.5. The number of ketones is 1. The molecule has 0 fully saturated rings. The van der Waals surface area contributed by atoms with Crippen molar-refractivity contribution in [3.8, 4) is 11.5 Å². The van der Waals surface area contributed by atoms with Crippen LogP contribution in [0.2, 0.25) is 0 Å². The van der Waals surface area contributed by atoms with Crippen molar-refractivity contribution in [3.63, 3.8) is 0 Å². The smallest absolute Gasteiger partial charge is 0.163 e. The molecule has 3 aromatic rings. The predicted octanol–water partition coefficient (Wildman–Crippen LogP) is 4.92. The third-order valence-electron chi connectivity index (χ3n) is 5.62. The summed E-state index contributed by atoms with van der Waals surface area (Å²) in [6.45, 7) is 0. The molecule has 4 nitrogen and oxygen atoms in total. The highest BCUT2D eigenvalue weighted by Crippen LogP contribution is 2.48. The Morgan fingerprint density at radius 3 is 2.63 bits per heavy atom. The Balaban J connectivity index is 1.78. The van der Waals surface area contributed by atoms with Crippen LogP contribution in [-0.2, 0) is 4.79 Å². The van der Waals surface area contributed by atoms with Gasteiger partial charge in [-0.15, -0.1) is 0 Å². The second-order valence-electron chi connectivity index (χ2n) is 7.21. The van der Waals surface area contributed by atoms with E-state index in [1.165, 1.54) is 6.07 Å². The van der Waals surface area contributed by atoms with Crippen LogP contribution in [0.15, 0.2) is 60.2 Å². The Bertz CT molecular complexity index is 1130. The van der Waals surface area contributed by atoms with Gasteiger partial charge in [0.2, 0.25) is 0 Å².